The first kappa shape index (κ1) is 29.7. The van der Waals surface area contributed by atoms with E-state index in [1.807, 2.05) is 24.3 Å². The molecule has 11 heteroatoms. The first-order valence-corrected chi connectivity index (χ1v) is 13.9. The predicted molar refractivity (Wildman–Crippen MR) is 160 cm³/mol. The molecule has 5 N–H and O–H groups in total. The van der Waals surface area contributed by atoms with E-state index in [9.17, 15) is 24.6 Å². The zero-order valence-electron chi connectivity index (χ0n) is 24.3. The van der Waals surface area contributed by atoms with E-state index in [-0.39, 0.29) is 53.6 Å². The van der Waals surface area contributed by atoms with Gasteiger partial charge in [0.05, 0.1) is 35.1 Å². The summed E-state index contributed by atoms with van der Waals surface area (Å²) in [7, 11) is 3.46. The van der Waals surface area contributed by atoms with Gasteiger partial charge in [-0.05, 0) is 57.8 Å². The number of fused-ring (bicyclic) bond motifs is 3. The minimum absolute atomic E-state index is 0.0762. The van der Waals surface area contributed by atoms with Gasteiger partial charge in [0.25, 0.3) is 5.91 Å². The lowest BCUT2D eigenvalue weighted by molar-refractivity contribution is -0.117. The molecule has 0 bridgehead atoms. The number of carbonyl (C=O) groups is 3. The van der Waals surface area contributed by atoms with E-state index in [0.717, 1.165) is 17.0 Å². The number of carbonyl (C=O) groups excluding carboxylic acids is 3. The van der Waals surface area contributed by atoms with Gasteiger partial charge in [0.2, 0.25) is 5.91 Å². The van der Waals surface area contributed by atoms with Crippen LogP contribution in [0.4, 0.5) is 10.1 Å². The molecule has 2 aliphatic carbocycles. The molecule has 2 unspecified atom stereocenters. The Morgan fingerprint density at radius 3 is 2.67 bits per heavy atom. The highest BCUT2D eigenvalue weighted by molar-refractivity contribution is 6.15. The van der Waals surface area contributed by atoms with Crippen LogP contribution in [0.1, 0.15) is 35.7 Å². The van der Waals surface area contributed by atoms with Crippen molar-refractivity contribution in [2.75, 3.05) is 26.0 Å². The SMILES string of the molecule is C=C(/C(C(N)=O)=C(/O)CN(C)C)C1CCC2Cc3c(F)cc(NC(=O)Cn4ncc5ccccc54)c(O)c3C(=O)C2=C1C. The van der Waals surface area contributed by atoms with Gasteiger partial charge in [-0.15, -0.1) is 0 Å². The van der Waals surface area contributed by atoms with Crippen molar-refractivity contribution in [3.8, 4) is 5.75 Å². The maximum absolute atomic E-state index is 15.4. The number of rotatable bonds is 8. The number of amides is 2. The number of phenols is 1. The molecule has 0 aliphatic heterocycles. The number of aromatic hydroxyl groups is 1. The number of aliphatic hydroxyl groups excluding tert-OH is 1. The number of primary amides is 1. The van der Waals surface area contributed by atoms with Crippen LogP contribution in [-0.4, -0.2) is 63.1 Å². The number of nitrogens with zero attached hydrogens (tertiary/aromatic N) is 3. The molecule has 224 valence electrons. The molecule has 1 heterocycles. The van der Waals surface area contributed by atoms with E-state index in [4.69, 9.17) is 5.73 Å². The van der Waals surface area contributed by atoms with Crippen LogP contribution >= 0.6 is 0 Å². The molecule has 2 aliphatic rings. The van der Waals surface area contributed by atoms with Crippen LogP contribution < -0.4 is 11.1 Å². The molecule has 0 saturated heterocycles. The molecule has 2 atom stereocenters. The normalized spacial score (nSPS) is 18.8. The third kappa shape index (κ3) is 5.43. The topological polar surface area (TPSA) is 151 Å². The molecule has 3 aromatic rings. The number of aromatic nitrogens is 2. The molecule has 0 fully saturated rings. The minimum atomic E-state index is -0.826. The fourth-order valence-corrected chi connectivity index (χ4v) is 6.36. The van der Waals surface area contributed by atoms with Crippen molar-refractivity contribution in [1.82, 2.24) is 14.7 Å². The summed E-state index contributed by atoms with van der Waals surface area (Å²) >= 11 is 0. The summed E-state index contributed by atoms with van der Waals surface area (Å²) < 4.78 is 16.9. The third-order valence-corrected chi connectivity index (χ3v) is 8.30. The minimum Gasteiger partial charge on any atom is -0.510 e. The van der Waals surface area contributed by atoms with Crippen molar-refractivity contribution in [1.29, 1.82) is 0 Å². The number of benzene rings is 2. The van der Waals surface area contributed by atoms with Crippen LogP contribution in [0.2, 0.25) is 0 Å². The molecule has 0 radical (unpaired) electrons. The van der Waals surface area contributed by atoms with Crippen molar-refractivity contribution in [2.24, 2.45) is 17.6 Å². The monoisotopic (exact) mass is 587 g/mol. The van der Waals surface area contributed by atoms with E-state index in [0.29, 0.717) is 29.6 Å². The Morgan fingerprint density at radius 2 is 1.98 bits per heavy atom. The lowest BCUT2D eigenvalue weighted by atomic mass is 9.66. The van der Waals surface area contributed by atoms with Crippen molar-refractivity contribution >= 4 is 34.2 Å². The number of ketones is 1. The Bertz CT molecular complexity index is 1750. The highest BCUT2D eigenvalue weighted by atomic mass is 19.1. The fourth-order valence-electron chi connectivity index (χ4n) is 6.36. The highest BCUT2D eigenvalue weighted by Crippen LogP contribution is 2.48. The summed E-state index contributed by atoms with van der Waals surface area (Å²) in [4.78, 5) is 40.8. The van der Waals surface area contributed by atoms with Crippen LogP contribution in [0.3, 0.4) is 0 Å². The number of aliphatic hydroxyl groups is 1. The Labute approximate surface area is 248 Å². The third-order valence-electron chi connectivity index (χ3n) is 8.30. The quantitative estimate of drug-likeness (QED) is 0.135. The van der Waals surface area contributed by atoms with Crippen molar-refractivity contribution in [3.05, 3.63) is 88.1 Å². The van der Waals surface area contributed by atoms with Crippen molar-refractivity contribution < 1.29 is 29.0 Å². The molecular formula is C32H34FN5O5. The lowest BCUT2D eigenvalue weighted by Crippen LogP contribution is -2.33. The Balaban J connectivity index is 1.46. The van der Waals surface area contributed by atoms with E-state index in [1.165, 1.54) is 4.68 Å². The number of para-hydroxylation sites is 1. The van der Waals surface area contributed by atoms with Crippen LogP contribution in [0.5, 0.6) is 5.75 Å². The zero-order valence-corrected chi connectivity index (χ0v) is 24.3. The van der Waals surface area contributed by atoms with Crippen LogP contribution in [-0.2, 0) is 22.6 Å². The molecule has 43 heavy (non-hydrogen) atoms. The van der Waals surface area contributed by atoms with Crippen LogP contribution in [0.15, 0.2) is 71.2 Å². The molecule has 0 saturated carbocycles. The number of phenolic OH excluding ortho intramolecular Hbond substituents is 1. The molecule has 0 spiro atoms. The van der Waals surface area contributed by atoms with Gasteiger partial charge in [-0.2, -0.15) is 5.10 Å². The molecular weight excluding hydrogens is 553 g/mol. The summed E-state index contributed by atoms with van der Waals surface area (Å²) in [6, 6.07) is 8.39. The van der Waals surface area contributed by atoms with Gasteiger partial charge in [0, 0.05) is 28.5 Å². The van der Waals surface area contributed by atoms with Crippen LogP contribution in [0.25, 0.3) is 10.9 Å². The molecule has 10 nitrogen and oxygen atoms in total. The lowest BCUT2D eigenvalue weighted by Gasteiger charge is -2.37. The number of hydrogen-bond acceptors (Lipinski definition) is 7. The fraction of sp³-hybridized carbons (Fsp3) is 0.312. The first-order valence-electron chi connectivity index (χ1n) is 13.9. The van der Waals surface area contributed by atoms with Crippen molar-refractivity contribution in [3.63, 3.8) is 0 Å². The summed E-state index contributed by atoms with van der Waals surface area (Å²) in [6.07, 6.45) is 2.82. The maximum atomic E-state index is 15.4. The van der Waals surface area contributed by atoms with Gasteiger partial charge in [-0.3, -0.25) is 19.1 Å². The number of nitrogens with two attached hydrogens (primary N) is 1. The predicted octanol–water partition coefficient (Wildman–Crippen LogP) is 4.02. The zero-order chi connectivity index (χ0) is 31.2. The van der Waals surface area contributed by atoms with Crippen molar-refractivity contribution in [2.45, 2.75) is 32.7 Å². The molecule has 2 aromatic carbocycles. The number of halogens is 1. The Morgan fingerprint density at radius 1 is 1.26 bits per heavy atom. The number of Topliss-reactive ketones (excluding diaryl/α,β-unsaturated/α-hetero) is 1. The Hall–Kier alpha value is -4.77. The van der Waals surface area contributed by atoms with E-state index in [2.05, 4.69) is 17.0 Å². The summed E-state index contributed by atoms with van der Waals surface area (Å²) in [5.41, 5.74) is 7.28. The molecule has 2 amide bonds. The summed E-state index contributed by atoms with van der Waals surface area (Å²) in [5, 5.41) is 29.4. The smallest absolute Gasteiger partial charge is 0.252 e. The number of anilines is 1. The molecule has 5 rings (SSSR count). The first-order chi connectivity index (χ1) is 20.4. The maximum Gasteiger partial charge on any atom is 0.252 e. The van der Waals surface area contributed by atoms with Gasteiger partial charge in [0.1, 0.15) is 18.1 Å². The van der Waals surface area contributed by atoms with Gasteiger partial charge >= 0.3 is 0 Å². The van der Waals surface area contributed by atoms with E-state index in [1.54, 1.807) is 32.1 Å². The second-order valence-corrected chi connectivity index (χ2v) is 11.4. The van der Waals surface area contributed by atoms with Gasteiger partial charge < -0.3 is 26.2 Å². The van der Waals surface area contributed by atoms with E-state index < -0.39 is 35.1 Å². The Kier molecular flexibility index (Phi) is 7.94. The summed E-state index contributed by atoms with van der Waals surface area (Å²) in [6.45, 7) is 5.70. The van der Waals surface area contributed by atoms with E-state index >= 15 is 4.39 Å². The number of hydrogen-bond donors (Lipinski definition) is 4. The van der Waals surface area contributed by atoms with Gasteiger partial charge in [-0.1, -0.05) is 30.4 Å². The highest BCUT2D eigenvalue weighted by Gasteiger charge is 2.41. The molecule has 1 aromatic heterocycles. The summed E-state index contributed by atoms with van der Waals surface area (Å²) in [5.74, 6) is -4.13. The number of allylic oxidation sites excluding steroid dienone is 2. The van der Waals surface area contributed by atoms with Gasteiger partial charge in [-0.25, -0.2) is 4.39 Å². The average molecular weight is 588 g/mol. The largest absolute Gasteiger partial charge is 0.510 e. The second-order valence-electron chi connectivity index (χ2n) is 11.4. The average Bonchev–Trinajstić information content (AvgIpc) is 3.33. The second kappa shape index (κ2) is 11.5. The van der Waals surface area contributed by atoms with Crippen LogP contribution in [0, 0.1) is 17.7 Å². The number of nitrogens with one attached hydrogen (secondary N) is 1. The van der Waals surface area contributed by atoms with Gasteiger partial charge in [0.15, 0.2) is 11.5 Å². The standard InChI is InChI=1S/C32H34FN5O5/c1-16-20(17(2)28(32(34)43)25(39)14-37(3)4)10-9-18-11-21-22(33)12-23(30(41)29(21)31(42)27(16)18)36-26(40)15-38-24-8-6-5-7-19(24)13-35-38/h5-8,12-13,18,20,39,41H,2,9-11,14-15H2,1,3-4H3,(H2,34,43)(H,36,40)/b28-25-. The number of likely N-dealkylation sites (N-methyl/N-ethyl adjacent to an activating group) is 1.